The molecule has 0 aromatic heterocycles. The number of carbonyl (C=O) groups excluding carboxylic acids is 1. The average Bonchev–Trinajstić information content (AvgIpc) is 2.78. The Morgan fingerprint density at radius 3 is 2.39 bits per heavy atom. The Bertz CT molecular complexity index is 308. The lowest BCUT2D eigenvalue weighted by atomic mass is 9.61. The predicted molar refractivity (Wildman–Crippen MR) is 72.0 cm³/mol. The molecule has 0 aliphatic heterocycles. The zero-order valence-electron chi connectivity index (χ0n) is 11.9. The summed E-state index contributed by atoms with van der Waals surface area (Å²) >= 11 is 0. The average molecular weight is 253 g/mol. The maximum absolute atomic E-state index is 12.4. The molecule has 2 aliphatic carbocycles. The molecule has 3 unspecified atom stereocenters. The van der Waals surface area contributed by atoms with Crippen LogP contribution in [0.4, 0.5) is 0 Å². The van der Waals surface area contributed by atoms with E-state index in [-0.39, 0.29) is 29.4 Å². The van der Waals surface area contributed by atoms with Gasteiger partial charge >= 0.3 is 5.97 Å². The molecule has 2 N–H and O–H groups in total. The van der Waals surface area contributed by atoms with Crippen molar-refractivity contribution in [2.45, 2.75) is 71.4 Å². The third kappa shape index (κ3) is 2.56. The smallest absolute Gasteiger partial charge is 0.309 e. The molecule has 0 spiro atoms. The second-order valence-electron chi connectivity index (χ2n) is 6.75. The van der Waals surface area contributed by atoms with E-state index in [0.717, 1.165) is 25.7 Å². The van der Waals surface area contributed by atoms with E-state index >= 15 is 0 Å². The van der Waals surface area contributed by atoms with Crippen LogP contribution < -0.4 is 5.73 Å². The summed E-state index contributed by atoms with van der Waals surface area (Å²) in [5.41, 5.74) is 6.08. The lowest BCUT2D eigenvalue weighted by Gasteiger charge is -2.45. The zero-order chi connectivity index (χ0) is 13.3. The second-order valence-corrected chi connectivity index (χ2v) is 6.75. The largest absolute Gasteiger partial charge is 0.462 e. The van der Waals surface area contributed by atoms with Gasteiger partial charge in [0.2, 0.25) is 0 Å². The number of hydrogen-bond donors (Lipinski definition) is 1. The highest BCUT2D eigenvalue weighted by atomic mass is 16.5. The van der Waals surface area contributed by atoms with E-state index in [1.807, 2.05) is 0 Å². The summed E-state index contributed by atoms with van der Waals surface area (Å²) in [4.78, 5) is 12.4. The van der Waals surface area contributed by atoms with Crippen LogP contribution in [0.1, 0.15) is 59.3 Å². The van der Waals surface area contributed by atoms with Crippen LogP contribution in [0.3, 0.4) is 0 Å². The molecule has 3 atom stereocenters. The van der Waals surface area contributed by atoms with E-state index < -0.39 is 0 Å². The number of hydrogen-bond acceptors (Lipinski definition) is 3. The van der Waals surface area contributed by atoms with E-state index in [1.165, 1.54) is 12.8 Å². The van der Waals surface area contributed by atoms with Crippen molar-refractivity contribution in [3.8, 4) is 0 Å². The lowest BCUT2D eigenvalue weighted by Crippen LogP contribution is -2.49. The third-order valence-electron chi connectivity index (χ3n) is 5.37. The van der Waals surface area contributed by atoms with Crippen molar-refractivity contribution in [1.82, 2.24) is 0 Å². The monoisotopic (exact) mass is 253 g/mol. The molecular weight excluding hydrogens is 226 g/mol. The quantitative estimate of drug-likeness (QED) is 0.770. The van der Waals surface area contributed by atoms with Crippen molar-refractivity contribution < 1.29 is 9.53 Å². The van der Waals surface area contributed by atoms with Gasteiger partial charge in [0, 0.05) is 6.04 Å². The summed E-state index contributed by atoms with van der Waals surface area (Å²) in [5, 5.41) is 0. The van der Waals surface area contributed by atoms with Gasteiger partial charge < -0.3 is 10.5 Å². The molecule has 0 amide bonds. The number of rotatable bonds is 2. The van der Waals surface area contributed by atoms with Crippen LogP contribution in [-0.4, -0.2) is 18.1 Å². The molecule has 2 rings (SSSR count). The Morgan fingerprint density at radius 1 is 1.17 bits per heavy atom. The van der Waals surface area contributed by atoms with Crippen LogP contribution in [-0.2, 0) is 9.53 Å². The van der Waals surface area contributed by atoms with E-state index in [9.17, 15) is 4.79 Å². The fourth-order valence-electron chi connectivity index (χ4n) is 3.52. The summed E-state index contributed by atoms with van der Waals surface area (Å²) in [6.45, 7) is 6.49. The molecule has 2 fully saturated rings. The van der Waals surface area contributed by atoms with Gasteiger partial charge in [0.1, 0.15) is 6.10 Å². The Labute approximate surface area is 110 Å². The molecule has 3 heteroatoms. The molecule has 0 heterocycles. The van der Waals surface area contributed by atoms with Crippen LogP contribution in [0.15, 0.2) is 0 Å². The zero-order valence-corrected chi connectivity index (χ0v) is 11.9. The SMILES string of the molecule is CC1C(N)CCC(C(=O)OC2CCCC2)C1(C)C. The van der Waals surface area contributed by atoms with E-state index in [2.05, 4.69) is 20.8 Å². The normalized spacial score (nSPS) is 36.6. The van der Waals surface area contributed by atoms with E-state index in [4.69, 9.17) is 10.5 Å². The van der Waals surface area contributed by atoms with Crippen molar-refractivity contribution in [3.05, 3.63) is 0 Å². The summed E-state index contributed by atoms with van der Waals surface area (Å²) in [6, 6.07) is 0.218. The number of carbonyl (C=O) groups is 1. The highest BCUT2D eigenvalue weighted by Crippen LogP contribution is 2.45. The molecule has 0 aromatic rings. The highest BCUT2D eigenvalue weighted by Gasteiger charge is 2.46. The molecule has 0 saturated heterocycles. The molecule has 2 saturated carbocycles. The minimum absolute atomic E-state index is 0.0191. The van der Waals surface area contributed by atoms with Crippen molar-refractivity contribution in [2.24, 2.45) is 23.0 Å². The maximum Gasteiger partial charge on any atom is 0.309 e. The fourth-order valence-corrected chi connectivity index (χ4v) is 3.52. The minimum Gasteiger partial charge on any atom is -0.462 e. The molecule has 0 aromatic carbocycles. The number of esters is 1. The van der Waals surface area contributed by atoms with Gasteiger partial charge in [-0.2, -0.15) is 0 Å². The van der Waals surface area contributed by atoms with Crippen LogP contribution in [0.25, 0.3) is 0 Å². The van der Waals surface area contributed by atoms with Crippen molar-refractivity contribution in [1.29, 1.82) is 0 Å². The lowest BCUT2D eigenvalue weighted by molar-refractivity contribution is -0.162. The molecule has 104 valence electrons. The molecular formula is C15H27NO2. The number of ether oxygens (including phenoxy) is 1. The van der Waals surface area contributed by atoms with E-state index in [0.29, 0.717) is 5.92 Å². The molecule has 2 aliphatic rings. The maximum atomic E-state index is 12.4. The van der Waals surface area contributed by atoms with Gasteiger partial charge in [-0.3, -0.25) is 4.79 Å². The van der Waals surface area contributed by atoms with Gasteiger partial charge in [0.25, 0.3) is 0 Å². The van der Waals surface area contributed by atoms with Crippen LogP contribution >= 0.6 is 0 Å². The highest BCUT2D eigenvalue weighted by molar-refractivity contribution is 5.73. The first-order valence-electron chi connectivity index (χ1n) is 7.39. The summed E-state index contributed by atoms with van der Waals surface area (Å²) in [6.07, 6.45) is 6.50. The Balaban J connectivity index is 2.00. The summed E-state index contributed by atoms with van der Waals surface area (Å²) in [7, 11) is 0. The second kappa shape index (κ2) is 5.20. The van der Waals surface area contributed by atoms with Gasteiger partial charge in [-0.25, -0.2) is 0 Å². The van der Waals surface area contributed by atoms with Crippen LogP contribution in [0, 0.1) is 17.3 Å². The van der Waals surface area contributed by atoms with Gasteiger partial charge in [-0.05, 0) is 49.9 Å². The van der Waals surface area contributed by atoms with Gasteiger partial charge in [-0.1, -0.05) is 20.8 Å². The van der Waals surface area contributed by atoms with Crippen molar-refractivity contribution in [2.75, 3.05) is 0 Å². The first kappa shape index (κ1) is 13.9. The first-order valence-corrected chi connectivity index (χ1v) is 7.39. The van der Waals surface area contributed by atoms with Crippen LogP contribution in [0.2, 0.25) is 0 Å². The molecule has 0 radical (unpaired) electrons. The van der Waals surface area contributed by atoms with Gasteiger partial charge in [0.15, 0.2) is 0 Å². The Kier molecular flexibility index (Phi) is 4.00. The number of nitrogens with two attached hydrogens (primary N) is 1. The molecule has 3 nitrogen and oxygen atoms in total. The third-order valence-corrected chi connectivity index (χ3v) is 5.37. The fraction of sp³-hybridized carbons (Fsp3) is 0.933. The standard InChI is InChI=1S/C15H27NO2/c1-10-13(16)9-8-12(15(10,2)3)14(17)18-11-6-4-5-7-11/h10-13H,4-9,16H2,1-3H3. The molecule has 18 heavy (non-hydrogen) atoms. The summed E-state index contributed by atoms with van der Waals surface area (Å²) in [5.74, 6) is 0.408. The van der Waals surface area contributed by atoms with Gasteiger partial charge in [-0.15, -0.1) is 0 Å². The van der Waals surface area contributed by atoms with Crippen LogP contribution in [0.5, 0.6) is 0 Å². The van der Waals surface area contributed by atoms with Crippen molar-refractivity contribution in [3.63, 3.8) is 0 Å². The first-order chi connectivity index (χ1) is 8.43. The molecule has 0 bridgehead atoms. The van der Waals surface area contributed by atoms with Gasteiger partial charge in [0.05, 0.1) is 5.92 Å². The Morgan fingerprint density at radius 2 is 1.78 bits per heavy atom. The van der Waals surface area contributed by atoms with E-state index in [1.54, 1.807) is 0 Å². The summed E-state index contributed by atoms with van der Waals surface area (Å²) < 4.78 is 5.69. The van der Waals surface area contributed by atoms with Crippen molar-refractivity contribution >= 4 is 5.97 Å². The topological polar surface area (TPSA) is 52.3 Å². The predicted octanol–water partition coefficient (Wildman–Crippen LogP) is 2.87. The minimum atomic E-state index is -0.0483. The Hall–Kier alpha value is -0.570.